The summed E-state index contributed by atoms with van der Waals surface area (Å²) >= 11 is 0. The molecule has 0 N–H and O–H groups in total. The molecule has 2 aliphatic carbocycles. The minimum absolute atomic E-state index is 0.172. The average molecular weight is 1550 g/mol. The van der Waals surface area contributed by atoms with Crippen molar-refractivity contribution in [3.05, 3.63) is 477 Å². The maximum Gasteiger partial charge on any atom is 0.0562 e. The summed E-state index contributed by atoms with van der Waals surface area (Å²) in [6.45, 7) is 9.61. The third-order valence-corrected chi connectivity index (χ3v) is 24.6. The third kappa shape index (κ3) is 12.8. The minimum Gasteiger partial charge on any atom is -0.311 e. The Labute approximate surface area is 707 Å². The van der Waals surface area contributed by atoms with Gasteiger partial charge in [0.2, 0.25) is 0 Å². The van der Waals surface area contributed by atoms with Gasteiger partial charge < -0.3 is 33.6 Å². The number of hydrogen-bond donors (Lipinski definition) is 0. The molecule has 18 aromatic carbocycles. The van der Waals surface area contributed by atoms with Crippen molar-refractivity contribution >= 4 is 129 Å². The molecule has 0 atom stereocenters. The molecule has 121 heavy (non-hydrogen) atoms. The molecule has 0 bridgehead atoms. The Morgan fingerprint density at radius 3 is 0.793 bits per heavy atom. The Hall–Kier alpha value is -15.4. The fourth-order valence-electron chi connectivity index (χ4n) is 19.2. The first-order valence-corrected chi connectivity index (χ1v) is 41.8. The van der Waals surface area contributed by atoms with E-state index in [1.165, 1.54) is 82.6 Å². The van der Waals surface area contributed by atoms with Gasteiger partial charge in [0.25, 0.3) is 0 Å². The Kier molecular flexibility index (Phi) is 18.5. The molecule has 0 saturated carbocycles. The van der Waals surface area contributed by atoms with Crippen LogP contribution in [-0.4, -0.2) is 9.13 Å². The Morgan fingerprint density at radius 2 is 0.421 bits per heavy atom. The molecule has 0 spiro atoms. The standard InChI is InChI=1S/C63H48N4.C51H39N3/c1-63(2)58-43-53(65(47-25-13-5-14-26-47)48-27-15-6-16-28-48)37-39-55(58)56-41-42-59-61(62(56)63)57-40-38-54(66(49-29-17-7-18-30-49)50-31-19-8-20-32-50)44-60(57)67(59)52-35-33-51(34-36-52)64(45-21-9-3-10-22-45)46-23-11-4-12-24-46;1-51(2)46-26-16-15-25-43(46)44-32-34-48-49(50(44)51)45-35-42(53(38-21-11-5-12-22-38)39-23-13-6-14-24-39)31-33-47(45)54(48)41-29-27-40(28-30-41)52(36-17-7-3-8-18-36)37-19-9-4-10-20-37/h3-44H,1-2H3;3-35H,1-2H3. The molecule has 0 aliphatic heterocycles. The van der Waals surface area contributed by atoms with Crippen LogP contribution in [0, 0.1) is 0 Å². The van der Waals surface area contributed by atoms with Gasteiger partial charge in [0.15, 0.2) is 0 Å². The zero-order valence-corrected chi connectivity index (χ0v) is 67.9. The molecule has 7 nitrogen and oxygen atoms in total. The molecule has 2 aliphatic rings. The monoisotopic (exact) mass is 1550 g/mol. The van der Waals surface area contributed by atoms with E-state index in [-0.39, 0.29) is 10.8 Å². The summed E-state index contributed by atoms with van der Waals surface area (Å²) in [7, 11) is 0. The molecule has 20 aromatic rings. The smallest absolute Gasteiger partial charge is 0.0562 e. The van der Waals surface area contributed by atoms with Crippen LogP contribution >= 0.6 is 0 Å². The number of anilines is 15. The quantitative estimate of drug-likeness (QED) is 0.0905. The van der Waals surface area contributed by atoms with E-state index < -0.39 is 0 Å². The van der Waals surface area contributed by atoms with Crippen LogP contribution in [0.25, 0.3) is 77.2 Å². The highest BCUT2D eigenvalue weighted by Gasteiger charge is 2.41. The number of fused-ring (bicyclic) bond motifs is 14. The van der Waals surface area contributed by atoms with Crippen LogP contribution in [0.1, 0.15) is 49.9 Å². The molecular weight excluding hydrogens is 1470 g/mol. The van der Waals surface area contributed by atoms with Crippen LogP contribution < -0.4 is 24.5 Å². The van der Waals surface area contributed by atoms with Crippen LogP contribution in [0.15, 0.2) is 455 Å². The van der Waals surface area contributed by atoms with E-state index >= 15 is 0 Å². The first-order chi connectivity index (χ1) is 59.6. The second-order valence-electron chi connectivity index (χ2n) is 32.4. The van der Waals surface area contributed by atoms with Crippen molar-refractivity contribution in [1.82, 2.24) is 9.13 Å². The Morgan fingerprint density at radius 1 is 0.174 bits per heavy atom. The van der Waals surface area contributed by atoms with Crippen molar-refractivity contribution in [1.29, 1.82) is 0 Å². The first-order valence-electron chi connectivity index (χ1n) is 41.8. The zero-order valence-electron chi connectivity index (χ0n) is 67.9. The van der Waals surface area contributed by atoms with Crippen molar-refractivity contribution in [2.45, 2.75) is 38.5 Å². The van der Waals surface area contributed by atoms with E-state index in [0.717, 1.165) is 102 Å². The molecule has 578 valence electrons. The Bertz CT molecular complexity index is 6950. The Balaban J connectivity index is 0.000000153. The summed E-state index contributed by atoms with van der Waals surface area (Å²) in [5, 5.41) is 5.07. The van der Waals surface area contributed by atoms with E-state index in [9.17, 15) is 0 Å². The first kappa shape index (κ1) is 73.2. The molecule has 0 unspecified atom stereocenters. The summed E-state index contributed by atoms with van der Waals surface area (Å²) in [5.41, 5.74) is 33.9. The number of rotatable bonds is 17. The highest BCUT2D eigenvalue weighted by atomic mass is 15.2. The molecule has 22 rings (SSSR count). The largest absolute Gasteiger partial charge is 0.311 e. The lowest BCUT2D eigenvalue weighted by molar-refractivity contribution is 0.666. The summed E-state index contributed by atoms with van der Waals surface area (Å²) in [5.74, 6) is 0. The molecule has 0 saturated heterocycles. The highest BCUT2D eigenvalue weighted by Crippen LogP contribution is 2.57. The fourth-order valence-corrected chi connectivity index (χ4v) is 19.2. The maximum absolute atomic E-state index is 2.48. The second kappa shape index (κ2) is 30.6. The highest BCUT2D eigenvalue weighted by molar-refractivity contribution is 6.17. The molecule has 0 radical (unpaired) electrons. The van der Waals surface area contributed by atoms with Crippen molar-refractivity contribution < 1.29 is 0 Å². The van der Waals surface area contributed by atoms with Crippen LogP contribution in [0.5, 0.6) is 0 Å². The number of nitrogens with zero attached hydrogens (tertiary/aromatic N) is 7. The maximum atomic E-state index is 2.48. The lowest BCUT2D eigenvalue weighted by Gasteiger charge is -2.28. The van der Waals surface area contributed by atoms with Crippen molar-refractivity contribution in [3.8, 4) is 33.6 Å². The molecule has 2 aromatic heterocycles. The van der Waals surface area contributed by atoms with Crippen LogP contribution in [-0.2, 0) is 10.8 Å². The van der Waals surface area contributed by atoms with E-state index in [0.29, 0.717) is 0 Å². The summed E-state index contributed by atoms with van der Waals surface area (Å²) in [6, 6.07) is 164. The van der Waals surface area contributed by atoms with Gasteiger partial charge in [0, 0.05) is 129 Å². The molecule has 2 heterocycles. The molecule has 7 heteroatoms. The second-order valence-corrected chi connectivity index (χ2v) is 32.4. The van der Waals surface area contributed by atoms with E-state index in [4.69, 9.17) is 0 Å². The summed E-state index contributed by atoms with van der Waals surface area (Å²) in [6.07, 6.45) is 0. The van der Waals surface area contributed by atoms with E-state index in [2.05, 4.69) is 516 Å². The lowest BCUT2D eigenvalue weighted by Crippen LogP contribution is -2.17. The number of benzene rings is 18. The predicted molar refractivity (Wildman–Crippen MR) is 510 cm³/mol. The molecular formula is C114H87N7. The van der Waals surface area contributed by atoms with Gasteiger partial charge in [-0.2, -0.15) is 0 Å². The van der Waals surface area contributed by atoms with Gasteiger partial charge >= 0.3 is 0 Å². The fraction of sp³-hybridized carbons (Fsp3) is 0.0526. The van der Waals surface area contributed by atoms with E-state index in [1.807, 2.05) is 0 Å². The van der Waals surface area contributed by atoms with Crippen molar-refractivity contribution in [3.63, 3.8) is 0 Å². The summed E-state index contributed by atoms with van der Waals surface area (Å²) in [4.78, 5) is 11.7. The average Bonchev–Trinajstić information content (AvgIpc) is 1.54. The third-order valence-electron chi connectivity index (χ3n) is 24.6. The van der Waals surface area contributed by atoms with Gasteiger partial charge in [-0.1, -0.05) is 258 Å². The van der Waals surface area contributed by atoms with E-state index in [1.54, 1.807) is 0 Å². The normalized spacial score (nSPS) is 12.6. The van der Waals surface area contributed by atoms with Gasteiger partial charge in [-0.05, 0) is 269 Å². The molecule has 0 fully saturated rings. The zero-order chi connectivity index (χ0) is 81.1. The van der Waals surface area contributed by atoms with Gasteiger partial charge in [-0.25, -0.2) is 0 Å². The number of hydrogen-bond acceptors (Lipinski definition) is 5. The van der Waals surface area contributed by atoms with Crippen LogP contribution in [0.3, 0.4) is 0 Å². The van der Waals surface area contributed by atoms with Gasteiger partial charge in [-0.15, -0.1) is 0 Å². The van der Waals surface area contributed by atoms with Crippen molar-refractivity contribution in [2.75, 3.05) is 24.5 Å². The SMILES string of the molecule is CC1(C)c2cc(N(c3ccccc3)c3ccccc3)ccc2-c2ccc3c(c21)c1ccc(N(c2ccccc2)c2ccccc2)cc1n3-c1ccc(N(c2ccccc2)c2ccccc2)cc1.CC1(C)c2ccccc2-c2ccc3c(c21)c1cc(N(c2ccccc2)c2ccccc2)ccc1n3-c1ccc(N(c2ccccc2)c2ccccc2)cc1. The van der Waals surface area contributed by atoms with Crippen LogP contribution in [0.4, 0.5) is 85.3 Å². The number of aromatic nitrogens is 2. The van der Waals surface area contributed by atoms with Gasteiger partial charge in [-0.3, -0.25) is 0 Å². The predicted octanol–water partition coefficient (Wildman–Crippen LogP) is 31.5. The number of para-hydroxylation sites is 10. The molecule has 0 amide bonds. The van der Waals surface area contributed by atoms with Crippen LogP contribution in [0.2, 0.25) is 0 Å². The minimum atomic E-state index is -0.313. The van der Waals surface area contributed by atoms with Gasteiger partial charge in [0.1, 0.15) is 0 Å². The topological polar surface area (TPSA) is 26.1 Å². The lowest BCUT2D eigenvalue weighted by atomic mass is 9.80. The summed E-state index contributed by atoms with van der Waals surface area (Å²) < 4.78 is 4.95. The van der Waals surface area contributed by atoms with Gasteiger partial charge in [0.05, 0.1) is 22.1 Å². The van der Waals surface area contributed by atoms with Crippen molar-refractivity contribution in [2.24, 2.45) is 0 Å².